The highest BCUT2D eigenvalue weighted by atomic mass is 16.3. The minimum absolute atomic E-state index is 0.0583. The average molecular weight is 235 g/mol. The molecule has 1 heterocycles. The summed E-state index contributed by atoms with van der Waals surface area (Å²) in [7, 11) is 0. The van der Waals surface area contributed by atoms with E-state index in [1.54, 1.807) is 0 Å². The maximum Gasteiger partial charge on any atom is 0.224 e. The maximum atomic E-state index is 10.2. The van der Waals surface area contributed by atoms with E-state index < -0.39 is 5.72 Å². The van der Waals surface area contributed by atoms with Crippen molar-refractivity contribution < 1.29 is 5.11 Å². The zero-order valence-electron chi connectivity index (χ0n) is 10.8. The second-order valence-electron chi connectivity index (χ2n) is 5.91. The number of rotatable bonds is 2. The summed E-state index contributed by atoms with van der Waals surface area (Å²) in [5.41, 5.74) is 0.355. The summed E-state index contributed by atoms with van der Waals surface area (Å²) in [4.78, 5) is 8.54. The van der Waals surface area contributed by atoms with Gasteiger partial charge in [-0.3, -0.25) is 0 Å². The van der Waals surface area contributed by atoms with Crippen molar-refractivity contribution in [1.29, 1.82) is 0 Å². The number of anilines is 1. The topological polar surface area (TPSA) is 58.0 Å². The third kappa shape index (κ3) is 2.94. The molecule has 0 spiro atoms. The van der Waals surface area contributed by atoms with Crippen molar-refractivity contribution in [1.82, 2.24) is 9.97 Å². The normalized spacial score (nSPS) is 19.3. The van der Waals surface area contributed by atoms with Crippen LogP contribution in [0.15, 0.2) is 12.4 Å². The van der Waals surface area contributed by atoms with Gasteiger partial charge in [-0.25, -0.2) is 9.97 Å². The summed E-state index contributed by atoms with van der Waals surface area (Å²) in [6, 6.07) is 0. The van der Waals surface area contributed by atoms with Gasteiger partial charge in [0.25, 0.3) is 0 Å². The van der Waals surface area contributed by atoms with E-state index in [0.29, 0.717) is 5.95 Å². The summed E-state index contributed by atoms with van der Waals surface area (Å²) in [5, 5.41) is 13.2. The highest BCUT2D eigenvalue weighted by Crippen LogP contribution is 2.29. The molecule has 2 N–H and O–H groups in total. The zero-order valence-corrected chi connectivity index (χ0v) is 10.8. The summed E-state index contributed by atoms with van der Waals surface area (Å²) in [6.45, 7) is 6.38. The third-order valence-electron chi connectivity index (χ3n) is 3.29. The van der Waals surface area contributed by atoms with Gasteiger partial charge < -0.3 is 10.4 Å². The standard InChI is InChI=1S/C13H21N3O/c1-12(2,3)10-8-14-11(15-9-10)16-13(17)6-4-5-7-13/h8-9,17H,4-7H2,1-3H3,(H,14,15,16). The lowest BCUT2D eigenvalue weighted by molar-refractivity contribution is 0.0770. The van der Waals surface area contributed by atoms with Crippen LogP contribution in [0.25, 0.3) is 0 Å². The molecule has 4 heteroatoms. The van der Waals surface area contributed by atoms with E-state index in [2.05, 4.69) is 36.1 Å². The molecule has 0 aromatic carbocycles. The Morgan fingerprint density at radius 1 is 1.18 bits per heavy atom. The number of nitrogens with one attached hydrogen (secondary N) is 1. The zero-order chi connectivity index (χ0) is 12.5. The molecule has 94 valence electrons. The summed E-state index contributed by atoms with van der Waals surface area (Å²) < 4.78 is 0. The van der Waals surface area contributed by atoms with Crippen molar-refractivity contribution in [3.05, 3.63) is 18.0 Å². The minimum atomic E-state index is -0.802. The van der Waals surface area contributed by atoms with Crippen LogP contribution >= 0.6 is 0 Å². The Bertz CT molecular complexity index is 375. The van der Waals surface area contributed by atoms with Crippen molar-refractivity contribution in [3.63, 3.8) is 0 Å². The van der Waals surface area contributed by atoms with Crippen LogP contribution in [0.3, 0.4) is 0 Å². The Kier molecular flexibility index (Phi) is 3.08. The maximum absolute atomic E-state index is 10.2. The molecule has 4 nitrogen and oxygen atoms in total. The van der Waals surface area contributed by atoms with E-state index in [-0.39, 0.29) is 5.41 Å². The predicted molar refractivity (Wildman–Crippen MR) is 67.8 cm³/mol. The lowest BCUT2D eigenvalue weighted by Gasteiger charge is -2.24. The van der Waals surface area contributed by atoms with Crippen LogP contribution in [0.1, 0.15) is 52.0 Å². The lowest BCUT2D eigenvalue weighted by Crippen LogP contribution is -2.35. The molecule has 1 saturated carbocycles. The molecule has 2 rings (SSSR count). The van der Waals surface area contributed by atoms with Crippen molar-refractivity contribution in [2.45, 2.75) is 57.6 Å². The van der Waals surface area contributed by atoms with E-state index in [4.69, 9.17) is 0 Å². The molecular weight excluding hydrogens is 214 g/mol. The van der Waals surface area contributed by atoms with Gasteiger partial charge in [-0.15, -0.1) is 0 Å². The molecule has 0 atom stereocenters. The van der Waals surface area contributed by atoms with E-state index in [1.165, 1.54) is 0 Å². The Morgan fingerprint density at radius 2 is 1.71 bits per heavy atom. The molecule has 1 fully saturated rings. The molecule has 0 radical (unpaired) electrons. The first-order valence-electron chi connectivity index (χ1n) is 6.22. The van der Waals surface area contributed by atoms with E-state index >= 15 is 0 Å². The van der Waals surface area contributed by atoms with Crippen molar-refractivity contribution in [3.8, 4) is 0 Å². The lowest BCUT2D eigenvalue weighted by atomic mass is 9.89. The number of hydrogen-bond acceptors (Lipinski definition) is 4. The molecule has 1 aromatic heterocycles. The van der Waals surface area contributed by atoms with Gasteiger partial charge in [-0.05, 0) is 36.7 Å². The van der Waals surface area contributed by atoms with Crippen LogP contribution in [0.2, 0.25) is 0 Å². The van der Waals surface area contributed by atoms with Crippen LogP contribution in [-0.4, -0.2) is 20.8 Å². The fourth-order valence-electron chi connectivity index (χ4n) is 2.07. The second-order valence-corrected chi connectivity index (χ2v) is 5.91. The smallest absolute Gasteiger partial charge is 0.224 e. The largest absolute Gasteiger partial charge is 0.371 e. The average Bonchev–Trinajstić information content (AvgIpc) is 2.64. The Balaban J connectivity index is 2.08. The SMILES string of the molecule is CC(C)(C)c1cnc(NC2(O)CCCC2)nc1. The quantitative estimate of drug-likeness (QED) is 0.773. The van der Waals surface area contributed by atoms with E-state index in [1.807, 2.05) is 12.4 Å². The molecule has 17 heavy (non-hydrogen) atoms. The highest BCUT2D eigenvalue weighted by molar-refractivity contribution is 5.30. The van der Waals surface area contributed by atoms with Crippen LogP contribution < -0.4 is 5.32 Å². The van der Waals surface area contributed by atoms with Gasteiger partial charge in [0, 0.05) is 12.4 Å². The van der Waals surface area contributed by atoms with Gasteiger partial charge in [0.2, 0.25) is 5.95 Å². The second kappa shape index (κ2) is 4.26. The minimum Gasteiger partial charge on any atom is -0.371 e. The van der Waals surface area contributed by atoms with Gasteiger partial charge in [0.05, 0.1) is 0 Å². The summed E-state index contributed by atoms with van der Waals surface area (Å²) in [5.74, 6) is 0.516. The van der Waals surface area contributed by atoms with Gasteiger partial charge in [0.1, 0.15) is 5.72 Å². The Morgan fingerprint density at radius 3 is 2.18 bits per heavy atom. The molecule has 0 bridgehead atoms. The van der Waals surface area contributed by atoms with Crippen molar-refractivity contribution in [2.75, 3.05) is 5.32 Å². The Labute approximate surface area is 102 Å². The first-order chi connectivity index (χ1) is 7.89. The Hall–Kier alpha value is -1.16. The van der Waals surface area contributed by atoms with Crippen LogP contribution in [0.4, 0.5) is 5.95 Å². The third-order valence-corrected chi connectivity index (χ3v) is 3.29. The van der Waals surface area contributed by atoms with Crippen LogP contribution in [-0.2, 0) is 5.41 Å². The van der Waals surface area contributed by atoms with Crippen LogP contribution in [0, 0.1) is 0 Å². The number of nitrogens with zero attached hydrogens (tertiary/aromatic N) is 2. The van der Waals surface area contributed by atoms with Crippen molar-refractivity contribution >= 4 is 5.95 Å². The number of aliphatic hydroxyl groups is 1. The molecule has 1 aromatic rings. The first kappa shape index (κ1) is 12.3. The molecular formula is C13H21N3O. The first-order valence-corrected chi connectivity index (χ1v) is 6.22. The molecule has 0 aliphatic heterocycles. The predicted octanol–water partition coefficient (Wildman–Crippen LogP) is 2.45. The molecule has 0 saturated heterocycles. The molecule has 0 amide bonds. The molecule has 0 unspecified atom stereocenters. The summed E-state index contributed by atoms with van der Waals surface area (Å²) in [6.07, 6.45) is 7.32. The van der Waals surface area contributed by atoms with Crippen molar-refractivity contribution in [2.24, 2.45) is 0 Å². The summed E-state index contributed by atoms with van der Waals surface area (Å²) >= 11 is 0. The molecule has 1 aliphatic rings. The van der Waals surface area contributed by atoms with E-state index in [0.717, 1.165) is 31.2 Å². The van der Waals surface area contributed by atoms with E-state index in [9.17, 15) is 5.11 Å². The number of hydrogen-bond donors (Lipinski definition) is 2. The monoisotopic (exact) mass is 235 g/mol. The van der Waals surface area contributed by atoms with Gasteiger partial charge in [0.15, 0.2) is 0 Å². The molecule has 1 aliphatic carbocycles. The number of aromatic nitrogens is 2. The van der Waals surface area contributed by atoms with Gasteiger partial charge >= 0.3 is 0 Å². The van der Waals surface area contributed by atoms with Crippen LogP contribution in [0.5, 0.6) is 0 Å². The van der Waals surface area contributed by atoms with Gasteiger partial charge in [-0.2, -0.15) is 0 Å². The van der Waals surface area contributed by atoms with Gasteiger partial charge in [-0.1, -0.05) is 20.8 Å². The fourth-order valence-corrected chi connectivity index (χ4v) is 2.07. The highest BCUT2D eigenvalue weighted by Gasteiger charge is 2.31. The fraction of sp³-hybridized carbons (Fsp3) is 0.692.